The monoisotopic (exact) mass is 401 g/mol. The SMILES string of the molecule is COCCN1C(=O)c2oc3cc(C)c(Cl)cc3c(=O)c2C1c1ccccc1F. The van der Waals surface area contributed by atoms with E-state index < -0.39 is 17.8 Å². The number of nitrogens with zero attached hydrogens (tertiary/aromatic N) is 1. The third-order valence-electron chi connectivity index (χ3n) is 4.98. The maximum absolute atomic E-state index is 14.6. The number of rotatable bonds is 4. The van der Waals surface area contributed by atoms with Crippen LogP contribution in [0.15, 0.2) is 45.6 Å². The van der Waals surface area contributed by atoms with Gasteiger partial charge in [0.1, 0.15) is 11.4 Å². The Bertz CT molecular complexity index is 1160. The molecule has 1 aromatic heterocycles. The average Bonchev–Trinajstić information content (AvgIpc) is 2.94. The van der Waals surface area contributed by atoms with E-state index in [0.29, 0.717) is 5.02 Å². The van der Waals surface area contributed by atoms with Gasteiger partial charge in [-0.2, -0.15) is 0 Å². The highest BCUT2D eigenvalue weighted by Gasteiger charge is 2.43. The number of amides is 1. The molecule has 5 nitrogen and oxygen atoms in total. The van der Waals surface area contributed by atoms with Gasteiger partial charge in [0.25, 0.3) is 5.91 Å². The molecule has 1 aliphatic rings. The van der Waals surface area contributed by atoms with E-state index in [0.717, 1.165) is 5.56 Å². The van der Waals surface area contributed by atoms with Crippen LogP contribution in [-0.2, 0) is 4.74 Å². The molecule has 0 saturated heterocycles. The molecule has 0 aliphatic carbocycles. The molecular formula is C21H17ClFNO4. The van der Waals surface area contributed by atoms with Gasteiger partial charge in [-0.25, -0.2) is 4.39 Å². The van der Waals surface area contributed by atoms with Crippen LogP contribution in [0.25, 0.3) is 11.0 Å². The number of carbonyl (C=O) groups is 1. The zero-order valence-corrected chi connectivity index (χ0v) is 16.0. The van der Waals surface area contributed by atoms with Gasteiger partial charge < -0.3 is 14.1 Å². The summed E-state index contributed by atoms with van der Waals surface area (Å²) in [7, 11) is 1.51. The number of fused-ring (bicyclic) bond motifs is 2. The van der Waals surface area contributed by atoms with Crippen LogP contribution in [0.2, 0.25) is 5.02 Å². The third kappa shape index (κ3) is 2.80. The van der Waals surface area contributed by atoms with E-state index in [1.807, 2.05) is 0 Å². The lowest BCUT2D eigenvalue weighted by Gasteiger charge is -2.25. The number of ether oxygens (including phenoxy) is 1. The Hall–Kier alpha value is -2.70. The van der Waals surface area contributed by atoms with Crippen molar-refractivity contribution in [2.45, 2.75) is 13.0 Å². The van der Waals surface area contributed by atoms with Crippen LogP contribution < -0.4 is 5.43 Å². The van der Waals surface area contributed by atoms with Crippen molar-refractivity contribution in [1.82, 2.24) is 4.90 Å². The fourth-order valence-electron chi connectivity index (χ4n) is 3.58. The van der Waals surface area contributed by atoms with Gasteiger partial charge in [-0.15, -0.1) is 0 Å². The van der Waals surface area contributed by atoms with E-state index in [4.69, 9.17) is 20.8 Å². The van der Waals surface area contributed by atoms with E-state index in [2.05, 4.69) is 0 Å². The molecule has 144 valence electrons. The average molecular weight is 402 g/mol. The summed E-state index contributed by atoms with van der Waals surface area (Å²) < 4.78 is 25.5. The van der Waals surface area contributed by atoms with Gasteiger partial charge in [-0.1, -0.05) is 29.8 Å². The van der Waals surface area contributed by atoms with E-state index in [1.54, 1.807) is 31.2 Å². The minimum atomic E-state index is -0.889. The Morgan fingerprint density at radius 1 is 1.25 bits per heavy atom. The van der Waals surface area contributed by atoms with Crippen LogP contribution in [0.4, 0.5) is 4.39 Å². The number of halogens is 2. The lowest BCUT2D eigenvalue weighted by molar-refractivity contribution is 0.0661. The van der Waals surface area contributed by atoms with Crippen LogP contribution in [0.5, 0.6) is 0 Å². The van der Waals surface area contributed by atoms with Crippen LogP contribution >= 0.6 is 11.6 Å². The molecule has 4 rings (SSSR count). The molecule has 1 unspecified atom stereocenters. The maximum atomic E-state index is 14.6. The number of benzene rings is 2. The first-order valence-electron chi connectivity index (χ1n) is 8.75. The molecule has 1 atom stereocenters. The first-order valence-corrected chi connectivity index (χ1v) is 9.13. The predicted octanol–water partition coefficient (Wildman–Crippen LogP) is 4.09. The van der Waals surface area contributed by atoms with E-state index in [-0.39, 0.29) is 46.4 Å². The molecule has 7 heteroatoms. The molecule has 1 aliphatic heterocycles. The second-order valence-electron chi connectivity index (χ2n) is 6.69. The van der Waals surface area contributed by atoms with Gasteiger partial charge in [0, 0.05) is 24.2 Å². The van der Waals surface area contributed by atoms with E-state index in [9.17, 15) is 14.0 Å². The molecule has 2 heterocycles. The Morgan fingerprint density at radius 2 is 2.00 bits per heavy atom. The Kier molecular flexibility index (Phi) is 4.69. The van der Waals surface area contributed by atoms with Gasteiger partial charge in [0.15, 0.2) is 5.43 Å². The maximum Gasteiger partial charge on any atom is 0.290 e. The smallest absolute Gasteiger partial charge is 0.290 e. The van der Waals surface area contributed by atoms with Crippen LogP contribution in [0.1, 0.15) is 33.3 Å². The topological polar surface area (TPSA) is 59.8 Å². The first kappa shape index (κ1) is 18.7. The first-order chi connectivity index (χ1) is 13.4. The summed E-state index contributed by atoms with van der Waals surface area (Å²) in [6.07, 6.45) is 0. The normalized spacial score (nSPS) is 16.1. The van der Waals surface area contributed by atoms with Gasteiger partial charge in [-0.3, -0.25) is 9.59 Å². The molecule has 0 saturated carbocycles. The Balaban J connectivity index is 2.02. The minimum Gasteiger partial charge on any atom is -0.450 e. The summed E-state index contributed by atoms with van der Waals surface area (Å²) in [6, 6.07) is 8.35. The van der Waals surface area contributed by atoms with Crippen molar-refractivity contribution < 1.29 is 18.3 Å². The largest absolute Gasteiger partial charge is 0.450 e. The summed E-state index contributed by atoms with van der Waals surface area (Å²) in [5.41, 5.74) is 0.971. The predicted molar refractivity (Wildman–Crippen MR) is 103 cm³/mol. The fourth-order valence-corrected chi connectivity index (χ4v) is 3.74. The minimum absolute atomic E-state index is 0.0661. The number of hydrogen-bond donors (Lipinski definition) is 0. The molecule has 0 N–H and O–H groups in total. The molecule has 0 bridgehead atoms. The zero-order valence-electron chi connectivity index (χ0n) is 15.3. The van der Waals surface area contributed by atoms with Gasteiger partial charge in [-0.05, 0) is 30.7 Å². The van der Waals surface area contributed by atoms with E-state index >= 15 is 0 Å². The molecule has 28 heavy (non-hydrogen) atoms. The van der Waals surface area contributed by atoms with Crippen LogP contribution in [0, 0.1) is 12.7 Å². The van der Waals surface area contributed by atoms with Crippen molar-refractivity contribution in [3.05, 3.63) is 79.9 Å². The molecule has 2 aromatic carbocycles. The third-order valence-corrected chi connectivity index (χ3v) is 5.39. The summed E-state index contributed by atoms with van der Waals surface area (Å²) in [5.74, 6) is -1.03. The summed E-state index contributed by atoms with van der Waals surface area (Å²) >= 11 is 6.18. The van der Waals surface area contributed by atoms with E-state index in [1.165, 1.54) is 24.1 Å². The Labute approximate surface area is 165 Å². The van der Waals surface area contributed by atoms with Gasteiger partial charge in [0.05, 0.1) is 23.6 Å². The molecular weight excluding hydrogens is 385 g/mol. The Morgan fingerprint density at radius 3 is 2.71 bits per heavy atom. The van der Waals surface area contributed by atoms with Crippen molar-refractivity contribution in [1.29, 1.82) is 0 Å². The zero-order chi connectivity index (χ0) is 20.0. The van der Waals surface area contributed by atoms with Crippen molar-refractivity contribution >= 4 is 28.5 Å². The highest BCUT2D eigenvalue weighted by molar-refractivity contribution is 6.32. The van der Waals surface area contributed by atoms with Crippen molar-refractivity contribution in [2.75, 3.05) is 20.3 Å². The molecule has 3 aromatic rings. The summed E-state index contributed by atoms with van der Waals surface area (Å²) in [5, 5.41) is 0.680. The highest BCUT2D eigenvalue weighted by atomic mass is 35.5. The molecule has 0 radical (unpaired) electrons. The fraction of sp³-hybridized carbons (Fsp3) is 0.238. The number of hydrogen-bond acceptors (Lipinski definition) is 4. The van der Waals surface area contributed by atoms with Crippen molar-refractivity contribution in [3.8, 4) is 0 Å². The molecule has 0 fully saturated rings. The second kappa shape index (κ2) is 7.04. The summed E-state index contributed by atoms with van der Waals surface area (Å²) in [6.45, 7) is 2.21. The van der Waals surface area contributed by atoms with Crippen LogP contribution in [0.3, 0.4) is 0 Å². The molecule has 1 amide bonds. The standard InChI is InChI=1S/C21H17ClFNO4/c1-11-9-16-13(10-14(11)22)19(25)17-18(12-5-3-4-6-15(12)23)24(7-8-27-2)21(26)20(17)28-16/h3-6,9-10,18H,7-8H2,1-2H3. The lowest BCUT2D eigenvalue weighted by atomic mass is 9.98. The van der Waals surface area contributed by atoms with Crippen molar-refractivity contribution in [3.63, 3.8) is 0 Å². The second-order valence-corrected chi connectivity index (χ2v) is 7.09. The summed E-state index contributed by atoms with van der Waals surface area (Å²) in [4.78, 5) is 27.7. The quantitative estimate of drug-likeness (QED) is 0.660. The van der Waals surface area contributed by atoms with Crippen molar-refractivity contribution in [2.24, 2.45) is 0 Å². The lowest BCUT2D eigenvalue weighted by Crippen LogP contribution is -2.33. The number of aryl methyl sites for hydroxylation is 1. The van der Waals surface area contributed by atoms with Gasteiger partial charge >= 0.3 is 0 Å². The van der Waals surface area contributed by atoms with Gasteiger partial charge in [0.2, 0.25) is 5.76 Å². The molecule has 0 spiro atoms. The highest BCUT2D eigenvalue weighted by Crippen LogP contribution is 2.39. The number of carbonyl (C=O) groups excluding carboxylic acids is 1. The van der Waals surface area contributed by atoms with Crippen LogP contribution in [-0.4, -0.2) is 31.1 Å². The number of methoxy groups -OCH3 is 1.